The number of ether oxygens (including phenoxy) is 1. The average Bonchev–Trinajstić information content (AvgIpc) is 2.26. The van der Waals surface area contributed by atoms with Crippen molar-refractivity contribution in [2.45, 2.75) is 25.4 Å². The molecule has 1 rings (SSSR count). The number of rotatable bonds is 6. The van der Waals surface area contributed by atoms with Crippen LogP contribution in [0.3, 0.4) is 0 Å². The van der Waals surface area contributed by atoms with Crippen LogP contribution in [0.25, 0.3) is 0 Å². The first-order valence-electron chi connectivity index (χ1n) is 5.24. The molecular weight excluding hydrogens is 233 g/mol. The number of benzene rings is 1. The smallest absolute Gasteiger partial charge is 0.389 e. The first kappa shape index (κ1) is 13.5. The lowest BCUT2D eigenvalue weighted by atomic mass is 10.2. The van der Waals surface area contributed by atoms with E-state index in [4.69, 9.17) is 4.74 Å². The molecule has 1 aromatic carbocycles. The Morgan fingerprint density at radius 3 is 2.41 bits per heavy atom. The number of para-hydroxylation sites is 1. The van der Waals surface area contributed by atoms with E-state index in [1.54, 1.807) is 30.3 Å². The van der Waals surface area contributed by atoms with Crippen molar-refractivity contribution in [3.8, 4) is 5.75 Å². The molecule has 0 aliphatic carbocycles. The Hall–Kier alpha value is -1.52. The molecule has 0 aliphatic rings. The second-order valence-electron chi connectivity index (χ2n) is 3.61. The van der Waals surface area contributed by atoms with E-state index in [1.165, 1.54) is 0 Å². The van der Waals surface area contributed by atoms with Crippen molar-refractivity contribution in [2.24, 2.45) is 0 Å². The molecule has 0 saturated carbocycles. The van der Waals surface area contributed by atoms with Gasteiger partial charge in [-0.3, -0.25) is 4.79 Å². The molecule has 0 aromatic heterocycles. The van der Waals surface area contributed by atoms with Crippen molar-refractivity contribution in [1.29, 1.82) is 0 Å². The topological polar surface area (TPSA) is 26.3 Å². The highest BCUT2D eigenvalue weighted by Gasteiger charge is 2.26. The second kappa shape index (κ2) is 6.27. The molecular formula is C12H13F3O2. The Morgan fingerprint density at radius 1 is 1.18 bits per heavy atom. The average molecular weight is 246 g/mol. The summed E-state index contributed by atoms with van der Waals surface area (Å²) in [6, 6.07) is 8.68. The highest BCUT2D eigenvalue weighted by molar-refractivity contribution is 5.79. The predicted octanol–water partition coefficient (Wildman–Crippen LogP) is 3.37. The maximum Gasteiger partial charge on any atom is 0.389 e. The molecule has 0 amide bonds. The van der Waals surface area contributed by atoms with Crippen molar-refractivity contribution in [3.63, 3.8) is 0 Å². The van der Waals surface area contributed by atoms with Crippen LogP contribution in [-0.4, -0.2) is 18.6 Å². The van der Waals surface area contributed by atoms with Gasteiger partial charge in [0.2, 0.25) is 0 Å². The molecule has 5 heteroatoms. The summed E-state index contributed by atoms with van der Waals surface area (Å²) in [6.07, 6.45) is -5.41. The zero-order valence-corrected chi connectivity index (χ0v) is 9.17. The standard InChI is InChI=1S/C12H13F3O2/c13-12(14,15)8-4-5-10(16)9-17-11-6-2-1-3-7-11/h1-3,6-7H,4-5,8-9H2. The Balaban J connectivity index is 2.18. The minimum absolute atomic E-state index is 0.105. The van der Waals surface area contributed by atoms with E-state index in [1.807, 2.05) is 0 Å². The predicted molar refractivity (Wildman–Crippen MR) is 56.9 cm³/mol. The summed E-state index contributed by atoms with van der Waals surface area (Å²) in [7, 11) is 0. The molecule has 0 atom stereocenters. The highest BCUT2D eigenvalue weighted by Crippen LogP contribution is 2.22. The lowest BCUT2D eigenvalue weighted by Crippen LogP contribution is -2.13. The van der Waals surface area contributed by atoms with Gasteiger partial charge in [0.25, 0.3) is 0 Å². The van der Waals surface area contributed by atoms with Crippen LogP contribution in [0, 0.1) is 0 Å². The largest absolute Gasteiger partial charge is 0.486 e. The van der Waals surface area contributed by atoms with E-state index in [0.29, 0.717) is 5.75 Å². The Labute approximate surface area is 97.4 Å². The lowest BCUT2D eigenvalue weighted by Gasteiger charge is -2.06. The van der Waals surface area contributed by atoms with Gasteiger partial charge >= 0.3 is 6.18 Å². The fraction of sp³-hybridized carbons (Fsp3) is 0.417. The number of hydrogen-bond acceptors (Lipinski definition) is 2. The van der Waals surface area contributed by atoms with Crippen LogP contribution in [-0.2, 0) is 4.79 Å². The number of Topliss-reactive ketones (excluding diaryl/α,β-unsaturated/α-hetero) is 1. The van der Waals surface area contributed by atoms with Crippen LogP contribution in [0.1, 0.15) is 19.3 Å². The van der Waals surface area contributed by atoms with Gasteiger partial charge in [-0.15, -0.1) is 0 Å². The second-order valence-corrected chi connectivity index (χ2v) is 3.61. The Morgan fingerprint density at radius 2 is 1.82 bits per heavy atom. The van der Waals surface area contributed by atoms with Crippen LogP contribution in [0.2, 0.25) is 0 Å². The van der Waals surface area contributed by atoms with Gasteiger partial charge < -0.3 is 4.74 Å². The molecule has 0 radical (unpaired) electrons. The van der Waals surface area contributed by atoms with Crippen LogP contribution in [0.5, 0.6) is 5.75 Å². The molecule has 0 heterocycles. The van der Waals surface area contributed by atoms with E-state index < -0.39 is 12.6 Å². The summed E-state index contributed by atoms with van der Waals surface area (Å²) in [5.41, 5.74) is 0. The number of carbonyl (C=O) groups excluding carboxylic acids is 1. The first-order chi connectivity index (χ1) is 7.97. The molecule has 17 heavy (non-hydrogen) atoms. The molecule has 0 N–H and O–H groups in total. The third-order valence-electron chi connectivity index (χ3n) is 2.06. The minimum atomic E-state index is -4.19. The van der Waals surface area contributed by atoms with Crippen LogP contribution >= 0.6 is 0 Å². The molecule has 0 unspecified atom stereocenters. The van der Waals surface area contributed by atoms with Gasteiger partial charge in [0, 0.05) is 12.8 Å². The third kappa shape index (κ3) is 6.60. The lowest BCUT2D eigenvalue weighted by molar-refractivity contribution is -0.137. The van der Waals surface area contributed by atoms with Crippen molar-refractivity contribution in [1.82, 2.24) is 0 Å². The van der Waals surface area contributed by atoms with Gasteiger partial charge in [0.1, 0.15) is 12.4 Å². The molecule has 2 nitrogen and oxygen atoms in total. The molecule has 1 aromatic rings. The van der Waals surface area contributed by atoms with Crippen LogP contribution in [0.15, 0.2) is 30.3 Å². The summed E-state index contributed by atoms with van der Waals surface area (Å²) in [5, 5.41) is 0. The first-order valence-corrected chi connectivity index (χ1v) is 5.24. The minimum Gasteiger partial charge on any atom is -0.486 e. The summed E-state index contributed by atoms with van der Waals surface area (Å²) < 4.78 is 40.6. The van der Waals surface area contributed by atoms with Gasteiger partial charge in [-0.25, -0.2) is 0 Å². The molecule has 0 saturated heterocycles. The maximum atomic E-state index is 11.8. The van der Waals surface area contributed by atoms with Crippen molar-refractivity contribution in [3.05, 3.63) is 30.3 Å². The van der Waals surface area contributed by atoms with Gasteiger partial charge in [0.05, 0.1) is 0 Å². The van der Waals surface area contributed by atoms with E-state index in [0.717, 1.165) is 0 Å². The van der Waals surface area contributed by atoms with E-state index in [2.05, 4.69) is 0 Å². The summed E-state index contributed by atoms with van der Waals surface area (Å²) >= 11 is 0. The number of ketones is 1. The Bertz CT molecular complexity index is 347. The monoisotopic (exact) mass is 246 g/mol. The number of hydrogen-bond donors (Lipinski definition) is 0. The van der Waals surface area contributed by atoms with Crippen LogP contribution in [0.4, 0.5) is 13.2 Å². The molecule has 0 spiro atoms. The third-order valence-corrected chi connectivity index (χ3v) is 2.06. The quantitative estimate of drug-likeness (QED) is 0.769. The van der Waals surface area contributed by atoms with Gasteiger partial charge in [-0.05, 0) is 18.6 Å². The summed E-state index contributed by atoms with van der Waals surface area (Å²) in [6.45, 7) is -0.179. The number of alkyl halides is 3. The SMILES string of the molecule is O=C(CCCC(F)(F)F)COc1ccccc1. The summed E-state index contributed by atoms with van der Waals surface area (Å²) in [5.74, 6) is 0.217. The molecule has 0 fully saturated rings. The normalized spacial score (nSPS) is 11.2. The molecule has 94 valence electrons. The Kier molecular flexibility index (Phi) is 5.00. The van der Waals surface area contributed by atoms with Crippen molar-refractivity contribution >= 4 is 5.78 Å². The number of halogens is 3. The fourth-order valence-electron chi connectivity index (χ4n) is 1.24. The zero-order valence-electron chi connectivity index (χ0n) is 9.17. The number of carbonyl (C=O) groups is 1. The molecule has 0 aliphatic heterocycles. The highest BCUT2D eigenvalue weighted by atomic mass is 19.4. The van der Waals surface area contributed by atoms with Gasteiger partial charge in [0.15, 0.2) is 5.78 Å². The van der Waals surface area contributed by atoms with E-state index >= 15 is 0 Å². The zero-order chi connectivity index (χ0) is 12.7. The van der Waals surface area contributed by atoms with E-state index in [-0.39, 0.29) is 25.2 Å². The van der Waals surface area contributed by atoms with Crippen molar-refractivity contribution in [2.75, 3.05) is 6.61 Å². The van der Waals surface area contributed by atoms with Crippen LogP contribution < -0.4 is 4.74 Å². The van der Waals surface area contributed by atoms with Gasteiger partial charge in [-0.2, -0.15) is 13.2 Å². The maximum absolute atomic E-state index is 11.8. The fourth-order valence-corrected chi connectivity index (χ4v) is 1.24. The molecule has 0 bridgehead atoms. The van der Waals surface area contributed by atoms with E-state index in [9.17, 15) is 18.0 Å². The summed E-state index contributed by atoms with van der Waals surface area (Å²) in [4.78, 5) is 11.2. The van der Waals surface area contributed by atoms with Gasteiger partial charge in [-0.1, -0.05) is 18.2 Å². The van der Waals surface area contributed by atoms with Crippen molar-refractivity contribution < 1.29 is 22.7 Å².